The quantitative estimate of drug-likeness (QED) is 0.877. The number of hydrogen-bond acceptors (Lipinski definition) is 4. The highest BCUT2D eigenvalue weighted by Gasteiger charge is 2.40. The zero-order valence-electron chi connectivity index (χ0n) is 10.4. The zero-order chi connectivity index (χ0) is 12.8. The molecule has 1 saturated carbocycles. The van der Waals surface area contributed by atoms with Crippen LogP contribution in [0.3, 0.4) is 0 Å². The number of nitrogens with zero attached hydrogens (tertiary/aromatic N) is 1. The first-order chi connectivity index (χ1) is 9.29. The number of amides is 1. The molecule has 0 spiro atoms. The van der Waals surface area contributed by atoms with Crippen molar-refractivity contribution in [3.8, 4) is 0 Å². The molecule has 1 aliphatic carbocycles. The van der Waals surface area contributed by atoms with Crippen LogP contribution in [0.25, 0.3) is 10.8 Å². The Bertz CT molecular complexity index is 638. The molecule has 3 heterocycles. The van der Waals surface area contributed by atoms with E-state index >= 15 is 0 Å². The normalized spacial score (nSPS) is 28.9. The summed E-state index contributed by atoms with van der Waals surface area (Å²) in [5.74, 6) is 0.560. The lowest BCUT2D eigenvalue weighted by molar-refractivity contribution is 0.0920. The second kappa shape index (κ2) is 4.28. The molecule has 1 saturated heterocycles. The van der Waals surface area contributed by atoms with Crippen molar-refractivity contribution in [1.29, 1.82) is 0 Å². The van der Waals surface area contributed by atoms with Gasteiger partial charge < -0.3 is 10.6 Å². The Morgan fingerprint density at radius 2 is 2.26 bits per heavy atom. The molecule has 3 atom stereocenters. The maximum Gasteiger partial charge on any atom is 0.270 e. The lowest BCUT2D eigenvalue weighted by Crippen LogP contribution is -2.44. The van der Waals surface area contributed by atoms with Gasteiger partial charge in [0.25, 0.3) is 5.91 Å². The summed E-state index contributed by atoms with van der Waals surface area (Å²) >= 11 is 1.64. The van der Waals surface area contributed by atoms with Crippen LogP contribution >= 0.6 is 11.3 Å². The van der Waals surface area contributed by atoms with Crippen LogP contribution in [0.2, 0.25) is 0 Å². The van der Waals surface area contributed by atoms with E-state index in [1.807, 2.05) is 11.4 Å². The van der Waals surface area contributed by atoms with Gasteiger partial charge >= 0.3 is 0 Å². The number of aromatic nitrogens is 1. The summed E-state index contributed by atoms with van der Waals surface area (Å²) in [5, 5.41) is 12.9. The molecule has 4 rings (SSSR count). The number of piperidine rings is 1. The first-order valence-corrected chi connectivity index (χ1v) is 7.60. The lowest BCUT2D eigenvalue weighted by atomic mass is 10.0. The lowest BCUT2D eigenvalue weighted by Gasteiger charge is -2.23. The summed E-state index contributed by atoms with van der Waals surface area (Å²) in [5.41, 5.74) is 0.529. The van der Waals surface area contributed by atoms with Crippen LogP contribution in [0.1, 0.15) is 23.3 Å². The van der Waals surface area contributed by atoms with E-state index in [1.165, 1.54) is 6.42 Å². The van der Waals surface area contributed by atoms with Gasteiger partial charge in [-0.1, -0.05) is 0 Å². The topological polar surface area (TPSA) is 54.0 Å². The van der Waals surface area contributed by atoms with Gasteiger partial charge in [-0.25, -0.2) is 0 Å². The molecule has 2 bridgehead atoms. The maximum absolute atomic E-state index is 12.3. The van der Waals surface area contributed by atoms with Gasteiger partial charge in [-0.05, 0) is 35.6 Å². The van der Waals surface area contributed by atoms with Crippen molar-refractivity contribution >= 4 is 28.0 Å². The largest absolute Gasteiger partial charge is 0.348 e. The van der Waals surface area contributed by atoms with Crippen molar-refractivity contribution in [3.63, 3.8) is 0 Å². The Hall–Kier alpha value is -1.46. The molecule has 5 heteroatoms. The molecule has 2 aromatic heterocycles. The molecule has 2 aliphatic rings. The molecule has 2 aromatic rings. The van der Waals surface area contributed by atoms with E-state index in [9.17, 15) is 4.79 Å². The summed E-state index contributed by atoms with van der Waals surface area (Å²) in [6.45, 7) is 1.03. The Balaban J connectivity index is 1.53. The average Bonchev–Trinajstić information content (AvgIpc) is 3.13. The Morgan fingerprint density at radius 1 is 1.37 bits per heavy atom. The second-order valence-corrected chi connectivity index (χ2v) is 6.23. The highest BCUT2D eigenvalue weighted by atomic mass is 32.1. The van der Waals surface area contributed by atoms with E-state index in [2.05, 4.69) is 21.0 Å². The highest BCUT2D eigenvalue weighted by Crippen LogP contribution is 2.31. The molecule has 2 N–H and O–H groups in total. The predicted molar refractivity (Wildman–Crippen MR) is 75.4 cm³/mol. The Labute approximate surface area is 115 Å². The Kier molecular flexibility index (Phi) is 2.56. The van der Waals surface area contributed by atoms with E-state index in [4.69, 9.17) is 0 Å². The van der Waals surface area contributed by atoms with Gasteiger partial charge in [0.15, 0.2) is 0 Å². The molecular formula is C14H15N3OS. The minimum absolute atomic E-state index is 0.0364. The van der Waals surface area contributed by atoms with Gasteiger partial charge in [-0.2, -0.15) is 11.3 Å². The molecule has 2 fully saturated rings. The second-order valence-electron chi connectivity index (χ2n) is 5.49. The average molecular weight is 273 g/mol. The summed E-state index contributed by atoms with van der Waals surface area (Å²) in [7, 11) is 0. The molecular weight excluding hydrogens is 258 g/mol. The van der Waals surface area contributed by atoms with Crippen molar-refractivity contribution in [1.82, 2.24) is 15.6 Å². The third-order valence-electron chi connectivity index (χ3n) is 4.27. The monoisotopic (exact) mass is 273 g/mol. The van der Waals surface area contributed by atoms with E-state index in [0.717, 1.165) is 23.7 Å². The van der Waals surface area contributed by atoms with E-state index in [0.29, 0.717) is 23.7 Å². The summed E-state index contributed by atoms with van der Waals surface area (Å²) in [6, 6.07) is 2.80. The van der Waals surface area contributed by atoms with Crippen LogP contribution in [0.5, 0.6) is 0 Å². The van der Waals surface area contributed by atoms with E-state index in [1.54, 1.807) is 17.5 Å². The van der Waals surface area contributed by atoms with E-state index in [-0.39, 0.29) is 5.91 Å². The molecule has 98 valence electrons. The fraction of sp³-hybridized carbons (Fsp3) is 0.429. The fourth-order valence-corrected chi connectivity index (χ4v) is 4.00. The zero-order valence-corrected chi connectivity index (χ0v) is 11.2. The number of pyridine rings is 1. The molecule has 1 aliphatic heterocycles. The van der Waals surface area contributed by atoms with Crippen LogP contribution in [0, 0.1) is 5.92 Å². The Morgan fingerprint density at radius 3 is 3.05 bits per heavy atom. The minimum Gasteiger partial charge on any atom is -0.348 e. The fourth-order valence-electron chi connectivity index (χ4n) is 3.24. The van der Waals surface area contributed by atoms with Gasteiger partial charge in [0.2, 0.25) is 0 Å². The summed E-state index contributed by atoms with van der Waals surface area (Å²) in [4.78, 5) is 16.5. The minimum atomic E-state index is -0.0364. The van der Waals surface area contributed by atoms with Crippen molar-refractivity contribution in [2.75, 3.05) is 6.54 Å². The number of rotatable bonds is 2. The number of carbonyl (C=O) groups excluding carboxylic acids is 1. The smallest absolute Gasteiger partial charge is 0.270 e. The van der Waals surface area contributed by atoms with Crippen molar-refractivity contribution in [2.45, 2.75) is 24.9 Å². The third kappa shape index (κ3) is 1.93. The maximum atomic E-state index is 12.3. The standard InChI is InChI=1S/C14H15N3OS/c18-14(17-12-3-11-1-8(12)4-15-11)13-2-9-6-19-7-10(9)5-16-13/h2,5-8,11-12,15H,1,3-4H2,(H,17,18). The molecule has 1 amide bonds. The van der Waals surface area contributed by atoms with Crippen LogP contribution < -0.4 is 10.6 Å². The summed E-state index contributed by atoms with van der Waals surface area (Å²) < 4.78 is 0. The number of carbonyl (C=O) groups is 1. The van der Waals surface area contributed by atoms with Crippen molar-refractivity contribution < 1.29 is 4.79 Å². The van der Waals surface area contributed by atoms with Crippen LogP contribution in [-0.4, -0.2) is 29.5 Å². The van der Waals surface area contributed by atoms with Gasteiger partial charge in [-0.15, -0.1) is 0 Å². The molecule has 0 radical (unpaired) electrons. The van der Waals surface area contributed by atoms with Crippen molar-refractivity contribution in [2.24, 2.45) is 5.92 Å². The molecule has 19 heavy (non-hydrogen) atoms. The predicted octanol–water partition coefficient (Wildman–Crippen LogP) is 1.78. The summed E-state index contributed by atoms with van der Waals surface area (Å²) in [6.07, 6.45) is 4.03. The molecule has 3 unspecified atom stereocenters. The molecule has 0 aromatic carbocycles. The first-order valence-electron chi connectivity index (χ1n) is 6.66. The van der Waals surface area contributed by atoms with E-state index < -0.39 is 0 Å². The van der Waals surface area contributed by atoms with Gasteiger partial charge in [0, 0.05) is 35.6 Å². The van der Waals surface area contributed by atoms with Crippen LogP contribution in [0.4, 0.5) is 0 Å². The van der Waals surface area contributed by atoms with Crippen LogP contribution in [0.15, 0.2) is 23.0 Å². The van der Waals surface area contributed by atoms with Gasteiger partial charge in [0.1, 0.15) is 5.69 Å². The number of fused-ring (bicyclic) bond motifs is 3. The highest BCUT2D eigenvalue weighted by molar-refractivity contribution is 7.09. The number of nitrogens with one attached hydrogen (secondary N) is 2. The first kappa shape index (κ1) is 11.4. The number of thiophene rings is 1. The number of hydrogen-bond donors (Lipinski definition) is 2. The SMILES string of the molecule is O=C(NC1CC2CC1CN2)c1cc2cscc2cn1. The third-order valence-corrected chi connectivity index (χ3v) is 5.05. The van der Waals surface area contributed by atoms with Crippen LogP contribution in [-0.2, 0) is 0 Å². The van der Waals surface area contributed by atoms with Gasteiger partial charge in [-0.3, -0.25) is 9.78 Å². The van der Waals surface area contributed by atoms with Crippen molar-refractivity contribution in [3.05, 3.63) is 28.7 Å². The molecule has 4 nitrogen and oxygen atoms in total. The van der Waals surface area contributed by atoms with Gasteiger partial charge in [0.05, 0.1) is 0 Å².